The molecule has 1 amide bonds. The molecule has 1 unspecified atom stereocenters. The maximum atomic E-state index is 11.8. The van der Waals surface area contributed by atoms with E-state index in [1.165, 1.54) is 6.92 Å². The van der Waals surface area contributed by atoms with E-state index in [0.717, 1.165) is 0 Å². The van der Waals surface area contributed by atoms with Crippen LogP contribution in [-0.2, 0) is 9.59 Å². The van der Waals surface area contributed by atoms with Crippen molar-refractivity contribution in [2.24, 2.45) is 0 Å². The Labute approximate surface area is 135 Å². The average Bonchev–Trinajstić information content (AvgIpc) is 2.44. The van der Waals surface area contributed by atoms with Gasteiger partial charge in [0, 0.05) is 24.2 Å². The molecule has 0 fully saturated rings. The third kappa shape index (κ3) is 6.24. The van der Waals surface area contributed by atoms with Crippen molar-refractivity contribution >= 4 is 35.8 Å². The van der Waals surface area contributed by atoms with Gasteiger partial charge in [-0.15, -0.1) is 12.4 Å². The number of carbonyl (C=O) groups excluding carboxylic acids is 2. The van der Waals surface area contributed by atoms with Crippen LogP contribution in [0.1, 0.15) is 30.6 Å². The number of anilines is 1. The number of nitrogens with zero attached hydrogens (tertiary/aromatic N) is 1. The first-order chi connectivity index (χ1) is 9.81. The van der Waals surface area contributed by atoms with Crippen LogP contribution in [0.4, 0.5) is 5.69 Å². The van der Waals surface area contributed by atoms with Crippen LogP contribution in [-0.4, -0.2) is 47.3 Å². The molecule has 6 nitrogen and oxygen atoms in total. The summed E-state index contributed by atoms with van der Waals surface area (Å²) >= 11 is 0. The second-order valence-electron chi connectivity index (χ2n) is 4.93. The number of Topliss-reactive ketones (excluding diaryl/α,β-unsaturated/α-hetero) is 1. The van der Waals surface area contributed by atoms with Gasteiger partial charge >= 0.3 is 5.97 Å². The van der Waals surface area contributed by atoms with Crippen molar-refractivity contribution in [2.75, 3.05) is 18.9 Å². The number of carboxylic acid groups (broad SMARTS) is 1. The normalized spacial score (nSPS) is 11.5. The molecule has 0 aliphatic rings. The summed E-state index contributed by atoms with van der Waals surface area (Å²) in [5, 5.41) is 11.6. The number of aliphatic carboxylic acids is 1. The molecule has 22 heavy (non-hydrogen) atoms. The molecule has 1 aromatic rings. The van der Waals surface area contributed by atoms with Crippen LogP contribution < -0.4 is 5.32 Å². The van der Waals surface area contributed by atoms with E-state index in [2.05, 4.69) is 5.32 Å². The number of benzene rings is 1. The van der Waals surface area contributed by atoms with Crippen molar-refractivity contribution in [2.45, 2.75) is 26.3 Å². The standard InChI is InChI=1S/C15H20N2O4.ClH/c1-10(15(20)21)17(3)9-8-14(19)16-13-6-4-12(5-7-13)11(2)18;/h4-7,10H,8-9H2,1-3H3,(H,16,19)(H,20,21);1H. The molecule has 7 heteroatoms. The van der Waals surface area contributed by atoms with Crippen molar-refractivity contribution in [1.29, 1.82) is 0 Å². The molecule has 0 saturated heterocycles. The van der Waals surface area contributed by atoms with E-state index in [0.29, 0.717) is 17.8 Å². The molecule has 0 heterocycles. The van der Waals surface area contributed by atoms with E-state index < -0.39 is 12.0 Å². The number of carbonyl (C=O) groups is 3. The van der Waals surface area contributed by atoms with Crippen LogP contribution >= 0.6 is 12.4 Å². The zero-order valence-corrected chi connectivity index (χ0v) is 13.6. The molecule has 1 rings (SSSR count). The lowest BCUT2D eigenvalue weighted by Gasteiger charge is -2.20. The summed E-state index contributed by atoms with van der Waals surface area (Å²) in [6.07, 6.45) is 0.197. The fourth-order valence-corrected chi connectivity index (χ4v) is 1.67. The second-order valence-corrected chi connectivity index (χ2v) is 4.93. The quantitative estimate of drug-likeness (QED) is 0.748. The zero-order chi connectivity index (χ0) is 16.0. The van der Waals surface area contributed by atoms with E-state index in [4.69, 9.17) is 5.11 Å². The summed E-state index contributed by atoms with van der Waals surface area (Å²) in [5.41, 5.74) is 1.20. The summed E-state index contributed by atoms with van der Waals surface area (Å²) in [5.74, 6) is -1.15. The van der Waals surface area contributed by atoms with Gasteiger partial charge in [0.05, 0.1) is 0 Å². The van der Waals surface area contributed by atoms with E-state index >= 15 is 0 Å². The highest BCUT2D eigenvalue weighted by atomic mass is 35.5. The van der Waals surface area contributed by atoms with Crippen LogP contribution in [0, 0.1) is 0 Å². The Hall–Kier alpha value is -1.92. The Balaban J connectivity index is 0.00000441. The SMILES string of the molecule is CC(=O)c1ccc(NC(=O)CCN(C)C(C)C(=O)O)cc1.Cl. The molecule has 0 bridgehead atoms. The molecule has 0 spiro atoms. The van der Waals surface area contributed by atoms with E-state index in [9.17, 15) is 14.4 Å². The third-order valence-corrected chi connectivity index (χ3v) is 3.29. The van der Waals surface area contributed by atoms with Crippen molar-refractivity contribution < 1.29 is 19.5 Å². The minimum absolute atomic E-state index is 0. The van der Waals surface area contributed by atoms with Gasteiger partial charge in [0.1, 0.15) is 6.04 Å². The lowest BCUT2D eigenvalue weighted by atomic mass is 10.1. The maximum Gasteiger partial charge on any atom is 0.320 e. The number of rotatable bonds is 7. The summed E-state index contributed by atoms with van der Waals surface area (Å²) in [7, 11) is 1.66. The van der Waals surface area contributed by atoms with Crippen LogP contribution in [0.5, 0.6) is 0 Å². The van der Waals surface area contributed by atoms with Crippen LogP contribution in [0.25, 0.3) is 0 Å². The number of carboxylic acids is 1. The Bertz CT molecular complexity index is 531. The minimum Gasteiger partial charge on any atom is -0.480 e. The van der Waals surface area contributed by atoms with Gasteiger partial charge < -0.3 is 10.4 Å². The Kier molecular flexibility index (Phi) is 8.37. The number of halogens is 1. The monoisotopic (exact) mass is 328 g/mol. The number of ketones is 1. The largest absolute Gasteiger partial charge is 0.480 e. The smallest absolute Gasteiger partial charge is 0.320 e. The van der Waals surface area contributed by atoms with Crippen molar-refractivity contribution in [3.8, 4) is 0 Å². The molecule has 0 aliphatic heterocycles. The lowest BCUT2D eigenvalue weighted by Crippen LogP contribution is -2.37. The highest BCUT2D eigenvalue weighted by molar-refractivity contribution is 5.95. The van der Waals surface area contributed by atoms with Gasteiger partial charge in [-0.2, -0.15) is 0 Å². The van der Waals surface area contributed by atoms with Crippen LogP contribution in [0.15, 0.2) is 24.3 Å². The number of nitrogens with one attached hydrogen (secondary N) is 1. The van der Waals surface area contributed by atoms with Gasteiger partial charge in [0.2, 0.25) is 5.91 Å². The van der Waals surface area contributed by atoms with E-state index in [-0.39, 0.29) is 30.5 Å². The molecule has 0 aromatic heterocycles. The molecule has 1 atom stereocenters. The summed E-state index contributed by atoms with van der Waals surface area (Å²) in [6, 6.07) is 6.00. The van der Waals surface area contributed by atoms with Crippen LogP contribution in [0.2, 0.25) is 0 Å². The first-order valence-electron chi connectivity index (χ1n) is 6.65. The zero-order valence-electron chi connectivity index (χ0n) is 12.8. The predicted octanol–water partition coefficient (Wildman–Crippen LogP) is 2.04. The summed E-state index contributed by atoms with van der Waals surface area (Å²) < 4.78 is 0. The Morgan fingerprint density at radius 1 is 1.23 bits per heavy atom. The van der Waals surface area contributed by atoms with Gasteiger partial charge in [-0.05, 0) is 45.2 Å². The van der Waals surface area contributed by atoms with Gasteiger partial charge in [-0.1, -0.05) is 0 Å². The first kappa shape index (κ1) is 20.1. The molecule has 0 aliphatic carbocycles. The third-order valence-electron chi connectivity index (χ3n) is 3.29. The Morgan fingerprint density at radius 2 is 1.77 bits per heavy atom. The van der Waals surface area contributed by atoms with Gasteiger partial charge in [0.15, 0.2) is 5.78 Å². The Morgan fingerprint density at radius 3 is 2.23 bits per heavy atom. The fourth-order valence-electron chi connectivity index (χ4n) is 1.67. The summed E-state index contributed by atoms with van der Waals surface area (Å²) in [4.78, 5) is 35.3. The highest BCUT2D eigenvalue weighted by Crippen LogP contribution is 2.10. The summed E-state index contributed by atoms with van der Waals surface area (Å²) in [6.45, 7) is 3.40. The van der Waals surface area contributed by atoms with Crippen LogP contribution in [0.3, 0.4) is 0 Å². The van der Waals surface area contributed by atoms with E-state index in [1.54, 1.807) is 43.1 Å². The van der Waals surface area contributed by atoms with Gasteiger partial charge in [-0.25, -0.2) is 0 Å². The average molecular weight is 329 g/mol. The molecular weight excluding hydrogens is 308 g/mol. The lowest BCUT2D eigenvalue weighted by molar-refractivity contribution is -0.142. The minimum atomic E-state index is -0.919. The van der Waals surface area contributed by atoms with Crippen molar-refractivity contribution in [1.82, 2.24) is 4.90 Å². The number of hydrogen-bond acceptors (Lipinski definition) is 4. The van der Waals surface area contributed by atoms with Crippen molar-refractivity contribution in [3.05, 3.63) is 29.8 Å². The predicted molar refractivity (Wildman–Crippen MR) is 86.7 cm³/mol. The maximum absolute atomic E-state index is 11.8. The van der Waals surface area contributed by atoms with Gasteiger partial charge in [0.25, 0.3) is 0 Å². The van der Waals surface area contributed by atoms with E-state index in [1.807, 2.05) is 0 Å². The number of hydrogen-bond donors (Lipinski definition) is 2. The number of likely N-dealkylation sites (N-methyl/N-ethyl adjacent to an activating group) is 1. The molecular formula is C15H21ClN2O4. The molecule has 2 N–H and O–H groups in total. The topological polar surface area (TPSA) is 86.7 Å². The molecule has 1 aromatic carbocycles. The van der Waals surface area contributed by atoms with Gasteiger partial charge in [-0.3, -0.25) is 19.3 Å². The highest BCUT2D eigenvalue weighted by Gasteiger charge is 2.17. The first-order valence-corrected chi connectivity index (χ1v) is 6.65. The fraction of sp³-hybridized carbons (Fsp3) is 0.400. The molecule has 0 radical (unpaired) electrons. The molecule has 122 valence electrons. The number of amides is 1. The second kappa shape index (κ2) is 9.17. The molecule has 0 saturated carbocycles. The van der Waals surface area contributed by atoms with Crippen molar-refractivity contribution in [3.63, 3.8) is 0 Å².